The van der Waals surface area contributed by atoms with Crippen LogP contribution in [0.5, 0.6) is 0 Å². The first-order valence-electron chi connectivity index (χ1n) is 7.64. The van der Waals surface area contributed by atoms with Crippen molar-refractivity contribution in [3.63, 3.8) is 0 Å². The molecule has 6 nitrogen and oxygen atoms in total. The van der Waals surface area contributed by atoms with E-state index in [0.717, 1.165) is 0 Å². The van der Waals surface area contributed by atoms with Crippen LogP contribution in [0.15, 0.2) is 17.5 Å². The largest absolute Gasteiger partial charge is 0.464 e. The van der Waals surface area contributed by atoms with Crippen molar-refractivity contribution in [2.75, 3.05) is 13.2 Å². The zero-order valence-electron chi connectivity index (χ0n) is 14.8. The monoisotopic (exact) mass is 341 g/mol. The molecule has 0 saturated carbocycles. The van der Waals surface area contributed by atoms with Crippen LogP contribution in [0, 0.1) is 0 Å². The topological polar surface area (TPSA) is 81.7 Å². The average molecular weight is 341 g/mol. The van der Waals surface area contributed by atoms with E-state index < -0.39 is 31.5 Å². The molecule has 0 spiro atoms. The fraction of sp³-hybridized carbons (Fsp3) is 0.625. The normalized spacial score (nSPS) is 11.0. The van der Waals surface area contributed by atoms with E-state index in [0.29, 0.717) is 0 Å². The van der Waals surface area contributed by atoms with Crippen molar-refractivity contribution in [3.8, 4) is 0 Å². The number of ether oxygens (including phenoxy) is 2. The fourth-order valence-corrected chi connectivity index (χ4v) is 2.35. The summed E-state index contributed by atoms with van der Waals surface area (Å²) in [6, 6.07) is 0. The fourth-order valence-electron chi connectivity index (χ4n) is 1.73. The Bertz CT molecular complexity index is 483. The van der Waals surface area contributed by atoms with E-state index in [1.165, 1.54) is 6.92 Å². The maximum Gasteiger partial charge on any atom is 0.344 e. The summed E-state index contributed by atoms with van der Waals surface area (Å²) in [7, 11) is -1.46. The molecule has 1 N–H and O–H groups in total. The molecule has 0 rings (SSSR count). The number of carbonyl (C=O) groups is 3. The van der Waals surface area contributed by atoms with Gasteiger partial charge in [0.1, 0.15) is 0 Å². The minimum absolute atomic E-state index is 0.0781. The first kappa shape index (κ1) is 21.1. The summed E-state index contributed by atoms with van der Waals surface area (Å²) < 4.78 is 9.94. The minimum atomic E-state index is -1.88. The van der Waals surface area contributed by atoms with Gasteiger partial charge in [-0.3, -0.25) is 4.79 Å². The molecule has 0 unspecified atom stereocenters. The summed E-state index contributed by atoms with van der Waals surface area (Å²) in [5, 5.41) is 2.40. The number of hydrogen-bond donors (Lipinski definition) is 1. The number of rotatable bonds is 8. The van der Waals surface area contributed by atoms with Crippen molar-refractivity contribution in [3.05, 3.63) is 17.5 Å². The van der Waals surface area contributed by atoms with Gasteiger partial charge in [-0.15, -0.1) is 5.73 Å². The number of esters is 2. The molecule has 0 atom stereocenters. The molecular weight excluding hydrogens is 314 g/mol. The molecule has 0 aliphatic carbocycles. The lowest BCUT2D eigenvalue weighted by atomic mass is 9.94. The van der Waals surface area contributed by atoms with Crippen LogP contribution in [0.4, 0.5) is 0 Å². The van der Waals surface area contributed by atoms with Crippen LogP contribution in [-0.4, -0.2) is 44.7 Å². The van der Waals surface area contributed by atoms with Gasteiger partial charge in [0.05, 0.1) is 21.3 Å². The molecule has 0 heterocycles. The Morgan fingerprint density at radius 2 is 1.57 bits per heavy atom. The molecular formula is C16H27NO5Si. The smallest absolute Gasteiger partial charge is 0.344 e. The van der Waals surface area contributed by atoms with Crippen LogP contribution in [0.2, 0.25) is 19.6 Å². The van der Waals surface area contributed by atoms with Gasteiger partial charge in [-0.05, 0) is 19.9 Å². The zero-order valence-corrected chi connectivity index (χ0v) is 15.8. The van der Waals surface area contributed by atoms with Crippen molar-refractivity contribution in [1.82, 2.24) is 5.32 Å². The lowest BCUT2D eigenvalue weighted by Gasteiger charge is -2.28. The van der Waals surface area contributed by atoms with Gasteiger partial charge in [0.15, 0.2) is 0 Å². The molecule has 1 amide bonds. The molecule has 7 heteroatoms. The second kappa shape index (κ2) is 9.32. The summed E-state index contributed by atoms with van der Waals surface area (Å²) in [6.45, 7) is 11.1. The molecule has 23 heavy (non-hydrogen) atoms. The van der Waals surface area contributed by atoms with Gasteiger partial charge in [0, 0.05) is 13.3 Å². The molecule has 0 radical (unpaired) electrons. The summed E-state index contributed by atoms with van der Waals surface area (Å²) in [5.74, 6) is -2.19. The summed E-state index contributed by atoms with van der Waals surface area (Å²) in [6.07, 6.45) is 1.48. The third-order valence-corrected chi connectivity index (χ3v) is 3.71. The highest BCUT2D eigenvalue weighted by Crippen LogP contribution is 2.17. The Balaban J connectivity index is 5.70. The highest BCUT2D eigenvalue weighted by Gasteiger charge is 2.49. The molecule has 0 aromatic carbocycles. The van der Waals surface area contributed by atoms with E-state index in [1.54, 1.807) is 19.9 Å². The number of amides is 1. The Labute approximate surface area is 138 Å². The van der Waals surface area contributed by atoms with Crippen molar-refractivity contribution >= 4 is 25.9 Å². The van der Waals surface area contributed by atoms with Gasteiger partial charge >= 0.3 is 11.9 Å². The van der Waals surface area contributed by atoms with E-state index in [1.807, 2.05) is 5.70 Å². The quantitative estimate of drug-likeness (QED) is 0.316. The summed E-state index contributed by atoms with van der Waals surface area (Å²) >= 11 is 0. The molecule has 0 fully saturated rings. The maximum absolute atomic E-state index is 12.3. The van der Waals surface area contributed by atoms with Gasteiger partial charge < -0.3 is 14.8 Å². The lowest BCUT2D eigenvalue weighted by Crippen LogP contribution is -2.60. The molecule has 0 saturated heterocycles. The van der Waals surface area contributed by atoms with Crippen molar-refractivity contribution in [2.45, 2.75) is 52.4 Å². The minimum Gasteiger partial charge on any atom is -0.464 e. The van der Waals surface area contributed by atoms with Crippen molar-refractivity contribution in [1.29, 1.82) is 0 Å². The highest BCUT2D eigenvalue weighted by atomic mass is 28.3. The predicted octanol–water partition coefficient (Wildman–Crippen LogP) is 1.97. The molecule has 0 aromatic heterocycles. The summed E-state index contributed by atoms with van der Waals surface area (Å²) in [4.78, 5) is 36.1. The third kappa shape index (κ3) is 7.30. The third-order valence-electron chi connectivity index (χ3n) is 2.68. The standard InChI is InChI=1S/C16H27NO5Si/c1-7-21-14(19)16(17-13(3)18,15(20)22-8-2)11-9-10-12-23(4,5)6/h9,12H,7-8,11H2,1-6H3,(H,17,18). The molecule has 0 aromatic rings. The maximum atomic E-state index is 12.3. The van der Waals surface area contributed by atoms with Gasteiger partial charge in [-0.1, -0.05) is 25.3 Å². The number of hydrogen-bond acceptors (Lipinski definition) is 5. The Kier molecular flexibility index (Phi) is 8.57. The predicted molar refractivity (Wildman–Crippen MR) is 90.4 cm³/mol. The van der Waals surface area contributed by atoms with E-state index >= 15 is 0 Å². The van der Waals surface area contributed by atoms with Crippen LogP contribution in [0.25, 0.3) is 0 Å². The zero-order chi connectivity index (χ0) is 18.1. The average Bonchev–Trinajstić information content (AvgIpc) is 2.41. The van der Waals surface area contributed by atoms with Crippen molar-refractivity contribution in [2.24, 2.45) is 0 Å². The molecule has 0 aliphatic heterocycles. The van der Waals surface area contributed by atoms with Crippen LogP contribution in [0.3, 0.4) is 0 Å². The van der Waals surface area contributed by atoms with Crippen LogP contribution < -0.4 is 5.32 Å². The second-order valence-corrected chi connectivity index (χ2v) is 11.1. The van der Waals surface area contributed by atoms with E-state index in [9.17, 15) is 14.4 Å². The number of carbonyl (C=O) groups excluding carboxylic acids is 3. The van der Waals surface area contributed by atoms with E-state index in [2.05, 4.69) is 30.7 Å². The molecule has 0 bridgehead atoms. The second-order valence-electron chi connectivity index (χ2n) is 6.11. The highest BCUT2D eigenvalue weighted by molar-refractivity contribution is 6.80. The van der Waals surface area contributed by atoms with Crippen LogP contribution in [-0.2, 0) is 23.9 Å². The Morgan fingerprint density at radius 3 is 1.91 bits per heavy atom. The van der Waals surface area contributed by atoms with Crippen LogP contribution >= 0.6 is 0 Å². The molecule has 130 valence electrons. The van der Waals surface area contributed by atoms with Crippen molar-refractivity contribution < 1.29 is 23.9 Å². The van der Waals surface area contributed by atoms with Gasteiger partial charge in [-0.25, -0.2) is 9.59 Å². The van der Waals surface area contributed by atoms with E-state index in [4.69, 9.17) is 9.47 Å². The Hall–Kier alpha value is -1.85. The summed E-state index contributed by atoms with van der Waals surface area (Å²) in [5.41, 5.74) is 3.06. The van der Waals surface area contributed by atoms with Gasteiger partial charge in [0.25, 0.3) is 0 Å². The number of nitrogens with one attached hydrogen (secondary N) is 1. The Morgan fingerprint density at radius 1 is 1.09 bits per heavy atom. The first-order valence-corrected chi connectivity index (χ1v) is 11.2. The SMILES string of the molecule is CCOC(=O)C(CC=C=C[Si](C)(C)C)(NC(C)=O)C(=O)OCC. The van der Waals surface area contributed by atoms with Crippen LogP contribution in [0.1, 0.15) is 27.2 Å². The van der Waals surface area contributed by atoms with Gasteiger partial charge in [0.2, 0.25) is 11.4 Å². The lowest BCUT2D eigenvalue weighted by molar-refractivity contribution is -0.167. The first-order chi connectivity index (χ1) is 10.6. The molecule has 0 aliphatic rings. The van der Waals surface area contributed by atoms with E-state index in [-0.39, 0.29) is 19.6 Å². The van der Waals surface area contributed by atoms with Gasteiger partial charge in [-0.2, -0.15) is 0 Å².